The monoisotopic (exact) mass is 258 g/mol. The number of aliphatic carboxylic acids is 2. The molecule has 0 bridgehead atoms. The number of nitrogens with one attached hydrogen (secondary N) is 1. The number of amides is 2. The van der Waals surface area contributed by atoms with Crippen LogP contribution < -0.4 is 5.32 Å². The Hall–Kier alpha value is -1.79. The molecule has 0 aromatic heterocycles. The van der Waals surface area contributed by atoms with Crippen LogP contribution in [0.25, 0.3) is 0 Å². The largest absolute Gasteiger partial charge is 0.481 e. The van der Waals surface area contributed by atoms with Gasteiger partial charge in [0.05, 0.1) is 6.42 Å². The summed E-state index contributed by atoms with van der Waals surface area (Å²) in [4.78, 5) is 34.6. The van der Waals surface area contributed by atoms with Crippen LogP contribution in [-0.4, -0.2) is 52.2 Å². The van der Waals surface area contributed by atoms with Crippen molar-refractivity contribution in [1.82, 2.24) is 10.2 Å². The lowest BCUT2D eigenvalue weighted by atomic mass is 10.2. The van der Waals surface area contributed by atoms with Gasteiger partial charge in [-0.25, -0.2) is 9.59 Å². The van der Waals surface area contributed by atoms with E-state index < -0.39 is 30.4 Å². The van der Waals surface area contributed by atoms with E-state index in [1.807, 2.05) is 0 Å². The average Bonchev–Trinajstić information content (AvgIpc) is 3.07. The molecule has 1 rings (SSSR count). The quantitative estimate of drug-likeness (QED) is 0.611. The van der Waals surface area contributed by atoms with E-state index in [1.54, 1.807) is 6.92 Å². The van der Waals surface area contributed by atoms with Crippen LogP contribution >= 0.6 is 0 Å². The van der Waals surface area contributed by atoms with Gasteiger partial charge in [-0.3, -0.25) is 4.79 Å². The maximum atomic E-state index is 11.8. The van der Waals surface area contributed by atoms with E-state index in [-0.39, 0.29) is 0 Å². The van der Waals surface area contributed by atoms with Gasteiger partial charge in [0, 0.05) is 13.1 Å². The first kappa shape index (κ1) is 14.3. The molecule has 7 heteroatoms. The predicted octanol–water partition coefficient (Wildman–Crippen LogP) is 0.356. The highest BCUT2D eigenvalue weighted by molar-refractivity contribution is 5.86. The molecule has 0 heterocycles. The van der Waals surface area contributed by atoms with E-state index in [2.05, 4.69) is 5.32 Å². The summed E-state index contributed by atoms with van der Waals surface area (Å²) in [5, 5.41) is 19.6. The standard InChI is InChI=1S/C11H18N2O5/c1-2-13(6-7-3-4-7)11(18)12-8(10(16)17)5-9(14)15/h7-8H,2-6H2,1H3,(H,12,18)(H,14,15)(H,16,17)/t8-/m1/s1. The van der Waals surface area contributed by atoms with Crippen LogP contribution in [0.1, 0.15) is 26.2 Å². The molecule has 1 atom stereocenters. The second-order valence-corrected chi connectivity index (χ2v) is 4.42. The van der Waals surface area contributed by atoms with E-state index in [0.717, 1.165) is 12.8 Å². The zero-order chi connectivity index (χ0) is 13.7. The predicted molar refractivity (Wildman–Crippen MR) is 62.2 cm³/mol. The molecular weight excluding hydrogens is 240 g/mol. The zero-order valence-corrected chi connectivity index (χ0v) is 10.3. The van der Waals surface area contributed by atoms with Crippen LogP contribution in [0.4, 0.5) is 4.79 Å². The minimum Gasteiger partial charge on any atom is -0.481 e. The first-order chi connectivity index (χ1) is 8.43. The minimum atomic E-state index is -1.39. The summed E-state index contributed by atoms with van der Waals surface area (Å²) in [5.74, 6) is -2.10. The number of urea groups is 1. The van der Waals surface area contributed by atoms with E-state index in [0.29, 0.717) is 19.0 Å². The maximum Gasteiger partial charge on any atom is 0.326 e. The fourth-order valence-electron chi connectivity index (χ4n) is 1.58. The molecule has 102 valence electrons. The van der Waals surface area contributed by atoms with Gasteiger partial charge in [0.2, 0.25) is 0 Å². The van der Waals surface area contributed by atoms with Gasteiger partial charge in [-0.1, -0.05) is 0 Å². The van der Waals surface area contributed by atoms with Gasteiger partial charge in [0.1, 0.15) is 6.04 Å². The summed E-state index contributed by atoms with van der Waals surface area (Å²) < 4.78 is 0. The Morgan fingerprint density at radius 2 is 1.94 bits per heavy atom. The molecular formula is C11H18N2O5. The topological polar surface area (TPSA) is 107 Å². The number of hydrogen-bond acceptors (Lipinski definition) is 3. The molecule has 0 unspecified atom stereocenters. The van der Waals surface area contributed by atoms with Crippen molar-refractivity contribution in [2.45, 2.75) is 32.2 Å². The van der Waals surface area contributed by atoms with Crippen molar-refractivity contribution in [3.05, 3.63) is 0 Å². The van der Waals surface area contributed by atoms with Gasteiger partial charge in [0.25, 0.3) is 0 Å². The molecule has 0 saturated heterocycles. The highest BCUT2D eigenvalue weighted by Crippen LogP contribution is 2.29. The molecule has 3 N–H and O–H groups in total. The van der Waals surface area contributed by atoms with Crippen LogP contribution in [0.5, 0.6) is 0 Å². The molecule has 18 heavy (non-hydrogen) atoms. The Kier molecular flexibility index (Phi) is 4.94. The molecule has 0 radical (unpaired) electrons. The second-order valence-electron chi connectivity index (χ2n) is 4.42. The van der Waals surface area contributed by atoms with Gasteiger partial charge >= 0.3 is 18.0 Å². The van der Waals surface area contributed by atoms with E-state index in [1.165, 1.54) is 4.90 Å². The maximum absolute atomic E-state index is 11.8. The van der Waals surface area contributed by atoms with Gasteiger partial charge in [-0.2, -0.15) is 0 Å². The van der Waals surface area contributed by atoms with Gasteiger partial charge < -0.3 is 20.4 Å². The number of carbonyl (C=O) groups excluding carboxylic acids is 1. The summed E-state index contributed by atoms with van der Waals surface area (Å²) in [6.07, 6.45) is 1.55. The lowest BCUT2D eigenvalue weighted by Gasteiger charge is -2.23. The fraction of sp³-hybridized carbons (Fsp3) is 0.727. The third-order valence-corrected chi connectivity index (χ3v) is 2.82. The van der Waals surface area contributed by atoms with Crippen LogP contribution in [0.2, 0.25) is 0 Å². The van der Waals surface area contributed by atoms with E-state index in [4.69, 9.17) is 10.2 Å². The van der Waals surface area contributed by atoms with Crippen LogP contribution in [0, 0.1) is 5.92 Å². The van der Waals surface area contributed by atoms with E-state index in [9.17, 15) is 14.4 Å². The van der Waals surface area contributed by atoms with Crippen molar-refractivity contribution >= 4 is 18.0 Å². The smallest absolute Gasteiger partial charge is 0.326 e. The molecule has 1 aliphatic rings. The molecule has 0 aromatic carbocycles. The molecule has 0 aliphatic heterocycles. The number of carboxylic acid groups (broad SMARTS) is 2. The van der Waals surface area contributed by atoms with Gasteiger partial charge in [0.15, 0.2) is 0 Å². The number of carbonyl (C=O) groups is 3. The Balaban J connectivity index is 2.51. The molecule has 7 nitrogen and oxygen atoms in total. The van der Waals surface area contributed by atoms with Crippen molar-refractivity contribution in [2.24, 2.45) is 5.92 Å². The Morgan fingerprint density at radius 1 is 1.33 bits per heavy atom. The van der Waals surface area contributed by atoms with Crippen molar-refractivity contribution < 1.29 is 24.6 Å². The summed E-state index contributed by atoms with van der Waals surface area (Å²) in [6, 6.07) is -1.90. The Labute approximate surface area is 105 Å². The summed E-state index contributed by atoms with van der Waals surface area (Å²) >= 11 is 0. The first-order valence-corrected chi connectivity index (χ1v) is 5.94. The normalized spacial score (nSPS) is 15.8. The van der Waals surface area contributed by atoms with Crippen LogP contribution in [-0.2, 0) is 9.59 Å². The third kappa shape index (κ3) is 4.60. The van der Waals surface area contributed by atoms with Crippen molar-refractivity contribution in [1.29, 1.82) is 0 Å². The summed E-state index contributed by atoms with van der Waals surface area (Å²) in [7, 11) is 0. The molecule has 1 saturated carbocycles. The SMILES string of the molecule is CCN(CC1CC1)C(=O)N[C@H](CC(=O)O)C(=O)O. The van der Waals surface area contributed by atoms with Crippen LogP contribution in [0.3, 0.4) is 0 Å². The van der Waals surface area contributed by atoms with E-state index >= 15 is 0 Å². The number of carboxylic acids is 2. The van der Waals surface area contributed by atoms with Crippen LogP contribution in [0.15, 0.2) is 0 Å². The molecule has 2 amide bonds. The van der Waals surface area contributed by atoms with Gasteiger partial charge in [-0.15, -0.1) is 0 Å². The summed E-state index contributed by atoms with van der Waals surface area (Å²) in [6.45, 7) is 2.87. The highest BCUT2D eigenvalue weighted by Gasteiger charge is 2.29. The third-order valence-electron chi connectivity index (χ3n) is 2.82. The number of rotatable bonds is 7. The van der Waals surface area contributed by atoms with Crippen molar-refractivity contribution in [2.75, 3.05) is 13.1 Å². The zero-order valence-electron chi connectivity index (χ0n) is 10.3. The Morgan fingerprint density at radius 3 is 2.33 bits per heavy atom. The first-order valence-electron chi connectivity index (χ1n) is 5.94. The molecule has 0 aromatic rings. The fourth-order valence-corrected chi connectivity index (χ4v) is 1.58. The summed E-state index contributed by atoms with van der Waals surface area (Å²) in [5.41, 5.74) is 0. The number of hydrogen-bond donors (Lipinski definition) is 3. The second kappa shape index (κ2) is 6.23. The number of nitrogens with zero attached hydrogens (tertiary/aromatic N) is 1. The van der Waals surface area contributed by atoms with Gasteiger partial charge in [-0.05, 0) is 25.7 Å². The highest BCUT2D eigenvalue weighted by atomic mass is 16.4. The lowest BCUT2D eigenvalue weighted by molar-refractivity contribution is -0.145. The average molecular weight is 258 g/mol. The minimum absolute atomic E-state index is 0.474. The van der Waals surface area contributed by atoms with Crippen molar-refractivity contribution in [3.8, 4) is 0 Å². The lowest BCUT2D eigenvalue weighted by Crippen LogP contribution is -2.49. The van der Waals surface area contributed by atoms with Crippen molar-refractivity contribution in [3.63, 3.8) is 0 Å². The Bertz CT molecular complexity index is 340. The molecule has 1 fully saturated rings. The molecule has 0 spiro atoms. The molecule has 1 aliphatic carbocycles.